The maximum Gasteiger partial charge on any atom is 0.338 e. The number of aliphatic hydroxyl groups excluding tert-OH is 1. The number of carboxylic acids is 2. The Labute approximate surface area is 778 Å². The molecule has 21 nitrogen and oxygen atoms in total. The Morgan fingerprint density at radius 3 is 1.29 bits per heavy atom. The molecular weight excluding hydrogens is 1700 g/mol. The zero-order valence-corrected chi connectivity index (χ0v) is 74.3. The molecule has 133 heavy (non-hydrogen) atoms. The number of aromatic carboxylic acids is 2. The quantitative estimate of drug-likeness (QED) is 0.00307. The van der Waals surface area contributed by atoms with Gasteiger partial charge in [-0.1, -0.05) is 243 Å². The van der Waals surface area contributed by atoms with E-state index in [1.54, 1.807) is 78.9 Å². The van der Waals surface area contributed by atoms with Crippen LogP contribution in [-0.4, -0.2) is 115 Å². The molecule has 0 saturated carbocycles. The highest BCUT2D eigenvalue weighted by Crippen LogP contribution is 2.39. The molecule has 0 bridgehead atoms. The Hall–Kier alpha value is -14.6. The van der Waals surface area contributed by atoms with Gasteiger partial charge in [-0.15, -0.1) is 18.2 Å². The average Bonchev–Trinajstić information content (AvgIpc) is 1.71. The lowest BCUT2D eigenvalue weighted by Crippen LogP contribution is -2.25. The molecule has 0 amide bonds. The van der Waals surface area contributed by atoms with E-state index < -0.39 is 48.1 Å². The number of Topliss-reactive ketones (excluding diaryl/α,β-unsaturated/α-hetero) is 3. The summed E-state index contributed by atoms with van der Waals surface area (Å²) in [7, 11) is 0. The molecule has 0 heterocycles. The topological polar surface area (TPSA) is 297 Å². The molecule has 0 radical (unpaired) electrons. The standard InChI is InChI=1S/C47H46O8.C30H33ClO6.C17H12O3.C9H8O.C8H6O3/c1-2-29-53-54-31-14-4-3-13-30-50-41-25-27-42(28-26-41)51-34-52-45(36-15-7-5-8-16-36)46(37-17-9-6-10-18-37)55-47(49)38-23-21-35(22-24-38)32-40-33-39-19-11-12-20-43(39)44(40)48;31-20-19-27(32)36-22-10-2-1-9-21-35-25-15-17-26(18-16-25)37-30(34)28(23-11-5-3-6-12-23)29(33)24-13-7-4-8-14-24;18-16-14(10-13-3-1-2-4-15(13)16)9-11-5-7-12(8-6-11)17(19)20;10-9-6-5-7-3-1-2-4-8(7)9;9-5-6-1-3-7(4-2-6)8(10)11/h2,5-12,15-28,32,45-46H,1,3-4,13-14,29-31,33-34H2;3-8,11-18,28-29,33H,1-2,9-10,19-22H2;1-9H,10H2,(H,19,20);1-4H,5-6H2;1-5H,(H,10,11)/b40-32-;;14-9+;;/t45-,46-;28-,29-;;;/m00.../s1. The van der Waals surface area contributed by atoms with E-state index in [1.807, 2.05) is 231 Å². The molecule has 682 valence electrons. The fraction of sp³-hybridized carbons (Fsp3) is 0.216. The summed E-state index contributed by atoms with van der Waals surface area (Å²) in [5.41, 5.74) is 13.1. The Morgan fingerprint density at radius 1 is 0.406 bits per heavy atom. The van der Waals surface area contributed by atoms with Crippen molar-refractivity contribution in [3.05, 3.63) is 428 Å². The summed E-state index contributed by atoms with van der Waals surface area (Å²) in [6, 6.07) is 94.2. The van der Waals surface area contributed by atoms with E-state index in [1.165, 1.54) is 29.8 Å². The number of carbonyl (C=O) groups excluding carboxylic acids is 7. The number of fused-ring (bicyclic) bond motifs is 3. The first-order valence-corrected chi connectivity index (χ1v) is 44.5. The van der Waals surface area contributed by atoms with Gasteiger partial charge < -0.3 is 48.5 Å². The predicted molar refractivity (Wildman–Crippen MR) is 508 cm³/mol. The first-order valence-electron chi connectivity index (χ1n) is 44.0. The Bertz CT molecular complexity index is 5830. The molecule has 0 fully saturated rings. The van der Waals surface area contributed by atoms with Crippen molar-refractivity contribution in [1.29, 1.82) is 0 Å². The number of allylic oxidation sites excluding steroid dienone is 2. The van der Waals surface area contributed by atoms with Gasteiger partial charge in [0.05, 0.1) is 55.6 Å². The summed E-state index contributed by atoms with van der Waals surface area (Å²) < 4.78 is 41.1. The van der Waals surface area contributed by atoms with Crippen LogP contribution in [0.15, 0.2) is 339 Å². The number of carbonyl (C=O) groups is 9. The van der Waals surface area contributed by atoms with Crippen LogP contribution in [0.25, 0.3) is 12.2 Å². The second-order valence-electron chi connectivity index (χ2n) is 31.0. The molecule has 12 aromatic carbocycles. The maximum absolute atomic E-state index is 13.7. The molecule has 12 aromatic rings. The normalized spacial score (nSPS) is 13.4. The van der Waals surface area contributed by atoms with Crippen LogP contribution in [0.3, 0.4) is 0 Å². The van der Waals surface area contributed by atoms with Crippen molar-refractivity contribution >= 4 is 77.2 Å². The SMILES string of the molecule is C=CCOOCCCCCCOc1ccc(OCO[C@@H](c2ccccc2)[C@@H](OC(=O)c2ccc(/C=C3/Cc4ccccc4C3=O)cc2)c2ccccc2)cc1.O=C(CCCl)OCCCCCCOc1ccc(OC(=O)[C@@H](c2ccccc2)[C@@H](O)c2ccccc2)cc1.O=C(O)c1ccc(/C=C2\Cc3ccccc3C2=O)cc1.O=C1CCc2ccccc21.O=Cc1ccc(C(=O)O)cc1. The number of aldehydes is 1. The van der Waals surface area contributed by atoms with Gasteiger partial charge in [0, 0.05) is 58.5 Å². The molecule has 0 aromatic heterocycles. The van der Waals surface area contributed by atoms with E-state index in [9.17, 15) is 48.3 Å². The molecule has 3 aliphatic rings. The number of ketones is 3. The molecular formula is C111H105ClO21. The number of hydrogen-bond acceptors (Lipinski definition) is 19. The summed E-state index contributed by atoms with van der Waals surface area (Å²) in [5.74, 6) is -0.983. The van der Waals surface area contributed by atoms with Gasteiger partial charge in [-0.3, -0.25) is 28.8 Å². The number of ether oxygens (including phenoxy) is 7. The number of aliphatic hydroxyl groups is 1. The molecule has 22 heteroatoms. The van der Waals surface area contributed by atoms with Crippen LogP contribution >= 0.6 is 11.6 Å². The molecule has 0 saturated heterocycles. The van der Waals surface area contributed by atoms with E-state index in [2.05, 4.69) is 6.58 Å². The first kappa shape index (κ1) is 99.0. The summed E-state index contributed by atoms with van der Waals surface area (Å²) in [6.45, 7) is 6.06. The zero-order chi connectivity index (χ0) is 93.7. The molecule has 3 aliphatic carbocycles. The van der Waals surface area contributed by atoms with Crippen molar-refractivity contribution < 1.29 is 101 Å². The average molecular weight is 1810 g/mol. The van der Waals surface area contributed by atoms with E-state index in [0.29, 0.717) is 104 Å². The van der Waals surface area contributed by atoms with E-state index in [4.69, 9.17) is 64.7 Å². The minimum absolute atomic E-state index is 0.0401. The van der Waals surface area contributed by atoms with Crippen molar-refractivity contribution in [2.24, 2.45) is 0 Å². The molecule has 0 aliphatic heterocycles. The van der Waals surface area contributed by atoms with Gasteiger partial charge in [0.25, 0.3) is 0 Å². The highest BCUT2D eigenvalue weighted by molar-refractivity contribution is 6.19. The van der Waals surface area contributed by atoms with Gasteiger partial charge in [-0.25, -0.2) is 24.2 Å². The number of unbranched alkanes of at least 4 members (excludes halogenated alkanes) is 6. The van der Waals surface area contributed by atoms with Crippen LogP contribution in [0.5, 0.6) is 23.0 Å². The largest absolute Gasteiger partial charge is 0.494 e. The summed E-state index contributed by atoms with van der Waals surface area (Å²) in [6.07, 6.45) is 14.2. The number of alkyl halides is 1. The van der Waals surface area contributed by atoms with Gasteiger partial charge in [0.15, 0.2) is 30.2 Å². The van der Waals surface area contributed by atoms with Crippen molar-refractivity contribution in [3.8, 4) is 23.0 Å². The number of esters is 3. The lowest BCUT2D eigenvalue weighted by atomic mass is 9.89. The lowest BCUT2D eigenvalue weighted by molar-refractivity contribution is -0.286. The Balaban J connectivity index is 0.000000185. The molecule has 3 N–H and O–H groups in total. The minimum atomic E-state index is -1.05. The third kappa shape index (κ3) is 31.3. The fourth-order valence-electron chi connectivity index (χ4n) is 14.6. The van der Waals surface area contributed by atoms with Gasteiger partial charge in [0.1, 0.15) is 47.9 Å². The third-order valence-electron chi connectivity index (χ3n) is 21.6. The van der Waals surface area contributed by atoms with Crippen LogP contribution < -0.4 is 18.9 Å². The highest BCUT2D eigenvalue weighted by atomic mass is 35.5. The smallest absolute Gasteiger partial charge is 0.338 e. The number of hydrogen-bond donors (Lipinski definition) is 3. The van der Waals surface area contributed by atoms with Gasteiger partial charge in [0.2, 0.25) is 0 Å². The van der Waals surface area contributed by atoms with E-state index >= 15 is 0 Å². The summed E-state index contributed by atoms with van der Waals surface area (Å²) in [5, 5.41) is 28.3. The number of aryl methyl sites for hydroxylation is 1. The first-order chi connectivity index (χ1) is 64.9. The van der Waals surface area contributed by atoms with E-state index in [-0.39, 0.29) is 47.8 Å². The van der Waals surface area contributed by atoms with Gasteiger partial charge in [-0.2, -0.15) is 0 Å². The number of benzene rings is 12. The minimum Gasteiger partial charge on any atom is -0.494 e. The Kier molecular flexibility index (Phi) is 39.8. The summed E-state index contributed by atoms with van der Waals surface area (Å²) in [4.78, 5) is 116. The van der Waals surface area contributed by atoms with Crippen LogP contribution in [-0.2, 0) is 52.8 Å². The van der Waals surface area contributed by atoms with Crippen molar-refractivity contribution in [1.82, 2.24) is 0 Å². The van der Waals surface area contributed by atoms with Crippen molar-refractivity contribution in [2.45, 2.75) is 108 Å². The highest BCUT2D eigenvalue weighted by Gasteiger charge is 2.34. The lowest BCUT2D eigenvalue weighted by Gasteiger charge is -2.28. The molecule has 4 atom stereocenters. The molecule has 15 rings (SSSR count). The fourth-order valence-corrected chi connectivity index (χ4v) is 14.8. The van der Waals surface area contributed by atoms with Crippen LogP contribution in [0, 0.1) is 0 Å². The van der Waals surface area contributed by atoms with Crippen molar-refractivity contribution in [2.75, 3.05) is 45.7 Å². The monoisotopic (exact) mass is 1810 g/mol. The maximum atomic E-state index is 13.7. The Morgan fingerprint density at radius 2 is 0.820 bits per heavy atom. The second kappa shape index (κ2) is 53.5. The second-order valence-corrected chi connectivity index (χ2v) is 31.4. The number of halogens is 1. The zero-order valence-electron chi connectivity index (χ0n) is 73.6. The number of carboxylic acid groups (broad SMARTS) is 2. The number of rotatable bonds is 40. The predicted octanol–water partition coefficient (Wildman–Crippen LogP) is 22.7. The molecule has 0 unspecified atom stereocenters. The van der Waals surface area contributed by atoms with Crippen LogP contribution in [0.4, 0.5) is 0 Å². The van der Waals surface area contributed by atoms with E-state index in [0.717, 1.165) is 125 Å². The summed E-state index contributed by atoms with van der Waals surface area (Å²) >= 11 is 5.50. The van der Waals surface area contributed by atoms with Gasteiger partial charge in [-0.05, 0) is 199 Å². The van der Waals surface area contributed by atoms with Gasteiger partial charge >= 0.3 is 29.8 Å². The molecule has 0 spiro atoms. The van der Waals surface area contributed by atoms with Crippen LogP contribution in [0.2, 0.25) is 0 Å². The van der Waals surface area contributed by atoms with Crippen molar-refractivity contribution in [3.63, 3.8) is 0 Å². The third-order valence-corrected chi connectivity index (χ3v) is 21.8. The van der Waals surface area contributed by atoms with Crippen LogP contribution in [0.1, 0.15) is 211 Å².